The lowest BCUT2D eigenvalue weighted by Crippen LogP contribution is -2.47. The van der Waals surface area contributed by atoms with Crippen molar-refractivity contribution >= 4 is 15.9 Å². The van der Waals surface area contributed by atoms with Crippen molar-refractivity contribution in [2.24, 2.45) is 17.6 Å². The van der Waals surface area contributed by atoms with Gasteiger partial charge >= 0.3 is 0 Å². The lowest BCUT2D eigenvalue weighted by molar-refractivity contribution is -0.126. The van der Waals surface area contributed by atoms with Gasteiger partial charge in [-0.3, -0.25) is 4.79 Å². The molecule has 0 saturated carbocycles. The molecule has 112 valence electrons. The van der Waals surface area contributed by atoms with E-state index in [1.54, 1.807) is 0 Å². The fourth-order valence-corrected chi connectivity index (χ4v) is 4.14. The third-order valence-corrected chi connectivity index (χ3v) is 5.34. The molecular weight excluding hydrogens is 266 g/mol. The van der Waals surface area contributed by atoms with Crippen molar-refractivity contribution in [1.29, 1.82) is 0 Å². The molecule has 1 fully saturated rings. The third kappa shape index (κ3) is 5.08. The molecule has 0 aromatic carbocycles. The van der Waals surface area contributed by atoms with Gasteiger partial charge in [0.05, 0.1) is 11.7 Å². The van der Waals surface area contributed by atoms with Gasteiger partial charge in [-0.1, -0.05) is 13.8 Å². The lowest BCUT2D eigenvalue weighted by Gasteiger charge is -2.31. The Kier molecular flexibility index (Phi) is 6.22. The summed E-state index contributed by atoms with van der Waals surface area (Å²) in [6.45, 7) is 5.42. The smallest absolute Gasteiger partial charge is 0.224 e. The van der Waals surface area contributed by atoms with Crippen LogP contribution in [0.5, 0.6) is 0 Å². The second kappa shape index (κ2) is 7.21. The van der Waals surface area contributed by atoms with Gasteiger partial charge in [0, 0.05) is 26.2 Å². The van der Waals surface area contributed by atoms with Gasteiger partial charge in [0.2, 0.25) is 15.9 Å². The summed E-state index contributed by atoms with van der Waals surface area (Å²) in [6, 6.07) is 0. The summed E-state index contributed by atoms with van der Waals surface area (Å²) in [6.07, 6.45) is 1.47. The van der Waals surface area contributed by atoms with Crippen LogP contribution in [0.15, 0.2) is 0 Å². The monoisotopic (exact) mass is 291 g/mol. The minimum atomic E-state index is -3.24. The Balaban J connectivity index is 2.61. The molecule has 3 N–H and O–H groups in total. The van der Waals surface area contributed by atoms with Gasteiger partial charge in [-0.15, -0.1) is 0 Å². The van der Waals surface area contributed by atoms with Crippen molar-refractivity contribution in [1.82, 2.24) is 9.62 Å². The summed E-state index contributed by atoms with van der Waals surface area (Å²) in [5.41, 5.74) is 5.34. The predicted molar refractivity (Wildman–Crippen MR) is 75.0 cm³/mol. The molecule has 0 aliphatic carbocycles. The summed E-state index contributed by atoms with van der Waals surface area (Å²) in [4.78, 5) is 11.9. The topological polar surface area (TPSA) is 92.5 Å². The number of sulfonamides is 1. The van der Waals surface area contributed by atoms with Gasteiger partial charge in [0.1, 0.15) is 0 Å². The van der Waals surface area contributed by atoms with Crippen LogP contribution in [-0.2, 0) is 14.8 Å². The number of nitrogens with one attached hydrogen (secondary N) is 1. The summed E-state index contributed by atoms with van der Waals surface area (Å²) in [5, 5.41) is 2.73. The van der Waals surface area contributed by atoms with Crippen LogP contribution in [0, 0.1) is 11.8 Å². The minimum absolute atomic E-state index is 0.0881. The highest BCUT2D eigenvalue weighted by Gasteiger charge is 2.32. The van der Waals surface area contributed by atoms with Crippen molar-refractivity contribution < 1.29 is 13.2 Å². The van der Waals surface area contributed by atoms with E-state index in [0.29, 0.717) is 26.2 Å². The number of nitrogens with two attached hydrogens (primary N) is 1. The Hall–Kier alpha value is -0.660. The first kappa shape index (κ1) is 16.4. The highest BCUT2D eigenvalue weighted by molar-refractivity contribution is 7.89. The largest absolute Gasteiger partial charge is 0.355 e. The lowest BCUT2D eigenvalue weighted by atomic mass is 9.99. The van der Waals surface area contributed by atoms with E-state index in [0.717, 1.165) is 12.8 Å². The normalized spacial score (nSPS) is 21.6. The van der Waals surface area contributed by atoms with Crippen LogP contribution in [0.3, 0.4) is 0 Å². The van der Waals surface area contributed by atoms with Crippen LogP contribution in [0.25, 0.3) is 0 Å². The maximum Gasteiger partial charge on any atom is 0.224 e. The van der Waals surface area contributed by atoms with Crippen molar-refractivity contribution in [2.45, 2.75) is 26.7 Å². The quantitative estimate of drug-likeness (QED) is 0.706. The van der Waals surface area contributed by atoms with E-state index in [4.69, 9.17) is 5.73 Å². The molecule has 0 radical (unpaired) electrons. The third-order valence-electron chi connectivity index (χ3n) is 3.14. The Labute approximate surface area is 115 Å². The first-order valence-corrected chi connectivity index (χ1v) is 8.43. The number of nitrogens with zero attached hydrogens (tertiary/aromatic N) is 1. The van der Waals surface area contributed by atoms with Crippen LogP contribution >= 0.6 is 0 Å². The maximum absolute atomic E-state index is 12.2. The standard InChI is InChI=1S/C12H25N3O3S/c1-10(2)9-19(17,18)15-7-3-4-11(8-15)12(16)14-6-5-13/h10-11H,3-9,13H2,1-2H3,(H,14,16). The van der Waals surface area contributed by atoms with E-state index in [1.807, 2.05) is 13.8 Å². The molecule has 6 nitrogen and oxygen atoms in total. The zero-order valence-corrected chi connectivity index (χ0v) is 12.6. The molecule has 19 heavy (non-hydrogen) atoms. The van der Waals surface area contributed by atoms with E-state index in [2.05, 4.69) is 5.32 Å². The SMILES string of the molecule is CC(C)CS(=O)(=O)N1CCCC(C(=O)NCCN)C1. The molecule has 1 aliphatic heterocycles. The van der Waals surface area contributed by atoms with Gasteiger partial charge in [-0.2, -0.15) is 0 Å². The average Bonchev–Trinajstić information content (AvgIpc) is 2.34. The molecule has 1 heterocycles. The van der Waals surface area contributed by atoms with Gasteiger partial charge in [-0.25, -0.2) is 12.7 Å². The molecule has 0 spiro atoms. The van der Waals surface area contributed by atoms with Gasteiger partial charge in [0.25, 0.3) is 0 Å². The Morgan fingerprint density at radius 3 is 2.74 bits per heavy atom. The predicted octanol–water partition coefficient (Wildman–Crippen LogP) is -0.241. The fourth-order valence-electron chi connectivity index (χ4n) is 2.28. The van der Waals surface area contributed by atoms with Gasteiger partial charge in [0.15, 0.2) is 0 Å². The molecular formula is C12H25N3O3S. The number of piperidine rings is 1. The van der Waals surface area contributed by atoms with Crippen molar-refractivity contribution in [3.05, 3.63) is 0 Å². The summed E-state index contributed by atoms with van der Waals surface area (Å²) in [5.74, 6) is -0.0991. The van der Waals surface area contributed by atoms with E-state index in [-0.39, 0.29) is 23.5 Å². The minimum Gasteiger partial charge on any atom is -0.355 e. The van der Waals surface area contributed by atoms with E-state index in [9.17, 15) is 13.2 Å². The van der Waals surface area contributed by atoms with Crippen LogP contribution in [-0.4, -0.2) is 50.6 Å². The maximum atomic E-state index is 12.2. The molecule has 1 saturated heterocycles. The molecule has 1 rings (SSSR count). The number of hydrogen-bond acceptors (Lipinski definition) is 4. The second-order valence-electron chi connectivity index (χ2n) is 5.45. The molecule has 1 amide bonds. The Morgan fingerprint density at radius 2 is 2.16 bits per heavy atom. The van der Waals surface area contributed by atoms with E-state index in [1.165, 1.54) is 4.31 Å². The van der Waals surface area contributed by atoms with Crippen LogP contribution < -0.4 is 11.1 Å². The highest BCUT2D eigenvalue weighted by Crippen LogP contribution is 2.20. The van der Waals surface area contributed by atoms with E-state index < -0.39 is 10.0 Å². The number of hydrogen-bond donors (Lipinski definition) is 2. The summed E-state index contributed by atoms with van der Waals surface area (Å²) >= 11 is 0. The Morgan fingerprint density at radius 1 is 1.47 bits per heavy atom. The molecule has 0 aromatic rings. The molecule has 0 bridgehead atoms. The molecule has 0 aromatic heterocycles. The number of rotatable bonds is 6. The zero-order chi connectivity index (χ0) is 14.5. The van der Waals surface area contributed by atoms with Crippen LogP contribution in [0.2, 0.25) is 0 Å². The molecule has 1 unspecified atom stereocenters. The molecule has 7 heteroatoms. The van der Waals surface area contributed by atoms with Gasteiger partial charge < -0.3 is 11.1 Å². The number of carbonyl (C=O) groups is 1. The number of amides is 1. The fraction of sp³-hybridized carbons (Fsp3) is 0.917. The molecule has 1 atom stereocenters. The van der Waals surface area contributed by atoms with Crippen molar-refractivity contribution in [3.63, 3.8) is 0 Å². The van der Waals surface area contributed by atoms with Crippen molar-refractivity contribution in [3.8, 4) is 0 Å². The second-order valence-corrected chi connectivity index (χ2v) is 7.46. The van der Waals surface area contributed by atoms with Crippen LogP contribution in [0.1, 0.15) is 26.7 Å². The summed E-state index contributed by atoms with van der Waals surface area (Å²) < 4.78 is 25.8. The number of carbonyl (C=O) groups excluding carboxylic acids is 1. The summed E-state index contributed by atoms with van der Waals surface area (Å²) in [7, 11) is -3.24. The highest BCUT2D eigenvalue weighted by atomic mass is 32.2. The first-order chi connectivity index (χ1) is 8.86. The van der Waals surface area contributed by atoms with E-state index >= 15 is 0 Å². The zero-order valence-electron chi connectivity index (χ0n) is 11.8. The average molecular weight is 291 g/mol. The van der Waals surface area contributed by atoms with Crippen molar-refractivity contribution in [2.75, 3.05) is 31.9 Å². The molecule has 1 aliphatic rings. The van der Waals surface area contributed by atoms with Crippen LogP contribution in [0.4, 0.5) is 0 Å². The Bertz CT molecular complexity index is 395. The van der Waals surface area contributed by atoms with Gasteiger partial charge in [-0.05, 0) is 18.8 Å². The first-order valence-electron chi connectivity index (χ1n) is 6.82.